The molecule has 6 nitrogen and oxygen atoms in total. The van der Waals surface area contributed by atoms with E-state index in [0.29, 0.717) is 35.3 Å². The molecule has 0 fully saturated rings. The first-order valence-electron chi connectivity index (χ1n) is 12.2. The van der Waals surface area contributed by atoms with Crippen molar-refractivity contribution in [3.05, 3.63) is 70.1 Å². The van der Waals surface area contributed by atoms with Crippen molar-refractivity contribution >= 4 is 34.3 Å². The van der Waals surface area contributed by atoms with Crippen LogP contribution in [0.25, 0.3) is 17.2 Å². The van der Waals surface area contributed by atoms with Crippen LogP contribution in [0.1, 0.15) is 53.7 Å². The zero-order valence-corrected chi connectivity index (χ0v) is 21.7. The molecule has 0 bridgehead atoms. The molecule has 3 aromatic rings. The number of fused-ring (bicyclic) bond motifs is 1. The Hall–Kier alpha value is -3.58. The van der Waals surface area contributed by atoms with Gasteiger partial charge in [0.05, 0.1) is 20.3 Å². The van der Waals surface area contributed by atoms with E-state index < -0.39 is 5.97 Å². The highest BCUT2D eigenvalue weighted by atomic mass is 32.1. The van der Waals surface area contributed by atoms with E-state index in [1.54, 1.807) is 6.08 Å². The predicted octanol–water partition coefficient (Wildman–Crippen LogP) is 6.53. The number of nitrogens with one attached hydrogen (secondary N) is 1. The lowest BCUT2D eigenvalue weighted by atomic mass is 9.89. The largest absolute Gasteiger partial charge is 0.490 e. The maximum absolute atomic E-state index is 12.8. The molecule has 0 aliphatic heterocycles. The number of hydrogen-bond acceptors (Lipinski definition) is 6. The van der Waals surface area contributed by atoms with Gasteiger partial charge in [-0.1, -0.05) is 24.3 Å². The van der Waals surface area contributed by atoms with E-state index in [1.807, 2.05) is 43.5 Å². The van der Waals surface area contributed by atoms with Gasteiger partial charge >= 0.3 is 5.97 Å². The van der Waals surface area contributed by atoms with Gasteiger partial charge in [0.2, 0.25) is 5.91 Å². The quantitative estimate of drug-likeness (QED) is 0.264. The topological polar surface area (TPSA) is 73.9 Å². The highest BCUT2D eigenvalue weighted by molar-refractivity contribution is 7.15. The van der Waals surface area contributed by atoms with Crippen molar-refractivity contribution in [1.29, 1.82) is 0 Å². The van der Waals surface area contributed by atoms with Gasteiger partial charge in [-0.05, 0) is 80.0 Å². The lowest BCUT2D eigenvalue weighted by molar-refractivity contribution is -0.111. The van der Waals surface area contributed by atoms with Gasteiger partial charge in [0.1, 0.15) is 10.6 Å². The number of aryl methyl sites for hydroxylation is 2. The highest BCUT2D eigenvalue weighted by Crippen LogP contribution is 2.38. The number of anilines is 1. The summed E-state index contributed by atoms with van der Waals surface area (Å²) < 4.78 is 16.3. The standard InChI is InChI=1S/C29H31NO5S/c1-4-34-24-14-10-19(16-25(24)35-5-2)11-15-26(31)30-28-27(29(32)33-3)23(18-36-28)22-13-12-20-8-6-7-9-21(20)17-22/h10-18H,4-9H2,1-3H3,(H,30,31)/b15-11+. The Bertz CT molecular complexity index is 1280. The molecule has 1 amide bonds. The summed E-state index contributed by atoms with van der Waals surface area (Å²) in [5.74, 6) is 0.474. The van der Waals surface area contributed by atoms with Crippen molar-refractivity contribution in [3.63, 3.8) is 0 Å². The Labute approximate surface area is 215 Å². The summed E-state index contributed by atoms with van der Waals surface area (Å²) in [5, 5.41) is 5.22. The molecule has 0 saturated carbocycles. The molecule has 188 valence electrons. The molecule has 4 rings (SSSR count). The molecule has 1 aromatic heterocycles. The fourth-order valence-electron chi connectivity index (χ4n) is 4.36. The molecule has 0 spiro atoms. The van der Waals surface area contributed by atoms with Gasteiger partial charge in [-0.15, -0.1) is 11.3 Å². The number of carbonyl (C=O) groups is 2. The van der Waals surface area contributed by atoms with E-state index in [4.69, 9.17) is 14.2 Å². The van der Waals surface area contributed by atoms with Gasteiger partial charge < -0.3 is 19.5 Å². The number of thiophene rings is 1. The van der Waals surface area contributed by atoms with Gasteiger partial charge in [0, 0.05) is 17.0 Å². The van der Waals surface area contributed by atoms with E-state index in [-0.39, 0.29) is 5.91 Å². The molecule has 1 heterocycles. The second kappa shape index (κ2) is 11.9. The maximum atomic E-state index is 12.8. The Morgan fingerprint density at radius 2 is 1.72 bits per heavy atom. The normalized spacial score (nSPS) is 12.8. The summed E-state index contributed by atoms with van der Waals surface area (Å²) in [7, 11) is 1.35. The minimum absolute atomic E-state index is 0.342. The van der Waals surface area contributed by atoms with E-state index in [0.717, 1.165) is 29.5 Å². The van der Waals surface area contributed by atoms with Gasteiger partial charge in [0.15, 0.2) is 11.5 Å². The molecule has 1 N–H and O–H groups in total. The monoisotopic (exact) mass is 505 g/mol. The Kier molecular flexibility index (Phi) is 8.44. The van der Waals surface area contributed by atoms with Gasteiger partial charge in [0.25, 0.3) is 0 Å². The number of rotatable bonds is 9. The zero-order chi connectivity index (χ0) is 25.5. The first-order chi connectivity index (χ1) is 17.5. The van der Waals surface area contributed by atoms with Crippen LogP contribution in [-0.2, 0) is 22.4 Å². The van der Waals surface area contributed by atoms with Crippen LogP contribution < -0.4 is 14.8 Å². The van der Waals surface area contributed by atoms with Gasteiger partial charge in [-0.25, -0.2) is 4.79 Å². The predicted molar refractivity (Wildman–Crippen MR) is 144 cm³/mol. The second-order valence-electron chi connectivity index (χ2n) is 8.43. The molecule has 1 aliphatic rings. The van der Waals surface area contributed by atoms with Crippen molar-refractivity contribution in [1.82, 2.24) is 0 Å². The lowest BCUT2D eigenvalue weighted by Crippen LogP contribution is -2.11. The third-order valence-electron chi connectivity index (χ3n) is 6.07. The molecule has 36 heavy (non-hydrogen) atoms. The van der Waals surface area contributed by atoms with Gasteiger partial charge in [-0.3, -0.25) is 4.79 Å². The number of carbonyl (C=O) groups excluding carboxylic acids is 2. The molecule has 0 saturated heterocycles. The van der Waals surface area contributed by atoms with Crippen molar-refractivity contribution in [2.75, 3.05) is 25.6 Å². The number of hydrogen-bond donors (Lipinski definition) is 1. The van der Waals surface area contributed by atoms with Crippen LogP contribution in [0.3, 0.4) is 0 Å². The molecule has 2 aromatic carbocycles. The number of ether oxygens (including phenoxy) is 3. The van der Waals surface area contributed by atoms with E-state index in [1.165, 1.54) is 48.5 Å². The lowest BCUT2D eigenvalue weighted by Gasteiger charge is -2.16. The van der Waals surface area contributed by atoms with E-state index in [9.17, 15) is 9.59 Å². The van der Waals surface area contributed by atoms with E-state index in [2.05, 4.69) is 17.4 Å². The van der Waals surface area contributed by atoms with Crippen molar-refractivity contribution in [2.45, 2.75) is 39.5 Å². The SMILES string of the molecule is CCOc1ccc(/C=C/C(=O)Nc2scc(-c3ccc4c(c3)CCCC4)c2C(=O)OC)cc1OCC. The summed E-state index contributed by atoms with van der Waals surface area (Å²) in [6.07, 6.45) is 7.67. The Morgan fingerprint density at radius 1 is 0.972 bits per heavy atom. The van der Waals surface area contributed by atoms with Crippen LogP contribution in [0.5, 0.6) is 11.5 Å². The third-order valence-corrected chi connectivity index (χ3v) is 6.97. The molecule has 0 radical (unpaired) electrons. The summed E-state index contributed by atoms with van der Waals surface area (Å²) in [6.45, 7) is 4.87. The van der Waals surface area contributed by atoms with Crippen LogP contribution in [0.4, 0.5) is 5.00 Å². The van der Waals surface area contributed by atoms with Crippen LogP contribution in [-0.4, -0.2) is 32.2 Å². The molecular weight excluding hydrogens is 474 g/mol. The summed E-state index contributed by atoms with van der Waals surface area (Å²) in [6, 6.07) is 11.9. The first kappa shape index (κ1) is 25.5. The molecule has 7 heteroatoms. The number of amides is 1. The van der Waals surface area contributed by atoms with Crippen molar-refractivity contribution < 1.29 is 23.8 Å². The smallest absolute Gasteiger partial charge is 0.341 e. The fraction of sp³-hybridized carbons (Fsp3) is 0.310. The van der Waals surface area contributed by atoms with Crippen LogP contribution in [0.2, 0.25) is 0 Å². The average molecular weight is 506 g/mol. The summed E-state index contributed by atoms with van der Waals surface area (Å²) in [4.78, 5) is 25.5. The highest BCUT2D eigenvalue weighted by Gasteiger charge is 2.23. The minimum Gasteiger partial charge on any atom is -0.490 e. The van der Waals surface area contributed by atoms with E-state index >= 15 is 0 Å². The number of esters is 1. The fourth-order valence-corrected chi connectivity index (χ4v) is 5.33. The maximum Gasteiger partial charge on any atom is 0.341 e. The summed E-state index contributed by atoms with van der Waals surface area (Å²) >= 11 is 1.32. The molecule has 0 atom stereocenters. The Balaban J connectivity index is 1.55. The van der Waals surface area contributed by atoms with Crippen LogP contribution >= 0.6 is 11.3 Å². The summed E-state index contributed by atoms with van der Waals surface area (Å²) in [5.41, 5.74) is 5.61. The minimum atomic E-state index is -0.476. The number of methoxy groups -OCH3 is 1. The van der Waals surface area contributed by atoms with Gasteiger partial charge in [-0.2, -0.15) is 0 Å². The van der Waals surface area contributed by atoms with Crippen LogP contribution in [0, 0.1) is 0 Å². The second-order valence-corrected chi connectivity index (χ2v) is 9.31. The number of benzene rings is 2. The molecule has 1 aliphatic carbocycles. The molecule has 0 unspecified atom stereocenters. The Morgan fingerprint density at radius 3 is 2.47 bits per heavy atom. The van der Waals surface area contributed by atoms with Crippen molar-refractivity contribution in [3.8, 4) is 22.6 Å². The third kappa shape index (κ3) is 5.79. The van der Waals surface area contributed by atoms with Crippen molar-refractivity contribution in [2.24, 2.45) is 0 Å². The first-order valence-corrected chi connectivity index (χ1v) is 13.1. The molecular formula is C29H31NO5S. The van der Waals surface area contributed by atoms with Crippen LogP contribution in [0.15, 0.2) is 47.9 Å². The zero-order valence-electron chi connectivity index (χ0n) is 20.9. The average Bonchev–Trinajstić information content (AvgIpc) is 3.31.